The summed E-state index contributed by atoms with van der Waals surface area (Å²) in [6, 6.07) is 9.56. The first-order valence-corrected chi connectivity index (χ1v) is 10.4. The van der Waals surface area contributed by atoms with E-state index in [4.69, 9.17) is 4.74 Å². The lowest BCUT2D eigenvalue weighted by Crippen LogP contribution is -2.44. The van der Waals surface area contributed by atoms with E-state index >= 15 is 0 Å². The number of hydrogen-bond donors (Lipinski definition) is 1. The van der Waals surface area contributed by atoms with E-state index in [1.807, 2.05) is 17.5 Å². The Balaban J connectivity index is 1.80. The monoisotopic (exact) mass is 413 g/mol. The van der Waals surface area contributed by atoms with Gasteiger partial charge in [0.15, 0.2) is 5.78 Å². The van der Waals surface area contributed by atoms with Crippen molar-refractivity contribution in [2.45, 2.75) is 31.6 Å². The number of esters is 1. The molecule has 0 bridgehead atoms. The molecule has 0 fully saturated rings. The third-order valence-corrected chi connectivity index (χ3v) is 6.45. The number of ketones is 1. The maximum atomic E-state index is 13.6. The highest BCUT2D eigenvalue weighted by molar-refractivity contribution is 7.10. The van der Waals surface area contributed by atoms with Gasteiger partial charge in [-0.1, -0.05) is 18.2 Å². The SMILES string of the molecule is CCOC(=O)[C@@H]1C(=O)C2=C(C[C@H]1c1cccs1)NC(=O)C[C@@H]2c1ccc(F)cc1. The van der Waals surface area contributed by atoms with Crippen LogP contribution in [0.3, 0.4) is 0 Å². The maximum absolute atomic E-state index is 13.6. The summed E-state index contributed by atoms with van der Waals surface area (Å²) in [6.45, 7) is 1.89. The van der Waals surface area contributed by atoms with Crippen LogP contribution in [0.25, 0.3) is 0 Å². The summed E-state index contributed by atoms with van der Waals surface area (Å²) in [4.78, 5) is 39.6. The lowest BCUT2D eigenvalue weighted by Gasteiger charge is -2.37. The molecule has 1 amide bonds. The smallest absolute Gasteiger partial charge is 0.317 e. The molecule has 4 rings (SSSR count). The molecule has 0 unspecified atom stereocenters. The van der Waals surface area contributed by atoms with Crippen molar-refractivity contribution in [2.24, 2.45) is 5.92 Å². The van der Waals surface area contributed by atoms with Crippen molar-refractivity contribution in [3.05, 3.63) is 69.3 Å². The maximum Gasteiger partial charge on any atom is 0.317 e. The van der Waals surface area contributed by atoms with Crippen LogP contribution in [0, 0.1) is 11.7 Å². The molecule has 5 nitrogen and oxygen atoms in total. The van der Waals surface area contributed by atoms with Crippen LogP contribution in [0.15, 0.2) is 53.0 Å². The van der Waals surface area contributed by atoms with E-state index < -0.39 is 17.8 Å². The van der Waals surface area contributed by atoms with Gasteiger partial charge in [-0.3, -0.25) is 14.4 Å². The van der Waals surface area contributed by atoms with E-state index in [2.05, 4.69) is 5.32 Å². The molecule has 29 heavy (non-hydrogen) atoms. The third-order valence-electron chi connectivity index (χ3n) is 5.45. The van der Waals surface area contributed by atoms with Gasteiger partial charge in [-0.2, -0.15) is 0 Å². The third kappa shape index (κ3) is 3.62. The Bertz CT molecular complexity index is 981. The predicted octanol–water partition coefficient (Wildman–Crippen LogP) is 3.68. The minimum absolute atomic E-state index is 0.0788. The summed E-state index contributed by atoms with van der Waals surface area (Å²) in [7, 11) is 0. The van der Waals surface area contributed by atoms with Crippen LogP contribution in [0.1, 0.15) is 42.0 Å². The molecule has 1 aromatic carbocycles. The van der Waals surface area contributed by atoms with Crippen molar-refractivity contribution in [1.29, 1.82) is 0 Å². The minimum atomic E-state index is -0.953. The molecule has 0 saturated carbocycles. The molecule has 2 heterocycles. The number of halogens is 1. The number of benzene rings is 1. The molecule has 150 valence electrons. The van der Waals surface area contributed by atoms with Crippen molar-refractivity contribution in [3.8, 4) is 0 Å². The molecular formula is C22H20FNO4S. The predicted molar refractivity (Wildman–Crippen MR) is 106 cm³/mol. The van der Waals surface area contributed by atoms with Gasteiger partial charge >= 0.3 is 5.97 Å². The van der Waals surface area contributed by atoms with Gasteiger partial charge in [0.05, 0.1) is 6.61 Å². The topological polar surface area (TPSA) is 72.5 Å². The first-order valence-electron chi connectivity index (χ1n) is 9.52. The fourth-order valence-corrected chi connectivity index (χ4v) is 5.07. The Kier molecular flexibility index (Phi) is 5.32. The van der Waals surface area contributed by atoms with Gasteiger partial charge in [0, 0.05) is 34.4 Å². The number of Topliss-reactive ketones (excluding diaryl/α,β-unsaturated/α-hetero) is 1. The summed E-state index contributed by atoms with van der Waals surface area (Å²) < 4.78 is 18.6. The van der Waals surface area contributed by atoms with E-state index in [0.29, 0.717) is 23.3 Å². The zero-order valence-electron chi connectivity index (χ0n) is 15.8. The van der Waals surface area contributed by atoms with Crippen LogP contribution in [-0.2, 0) is 19.1 Å². The van der Waals surface area contributed by atoms with Gasteiger partial charge in [-0.15, -0.1) is 11.3 Å². The number of ether oxygens (including phenoxy) is 1. The summed E-state index contributed by atoms with van der Waals surface area (Å²) >= 11 is 1.47. The second-order valence-corrected chi connectivity index (χ2v) is 8.15. The number of hydrogen-bond acceptors (Lipinski definition) is 5. The van der Waals surface area contributed by atoms with Gasteiger partial charge < -0.3 is 10.1 Å². The van der Waals surface area contributed by atoms with Crippen LogP contribution in [0.4, 0.5) is 4.39 Å². The average molecular weight is 413 g/mol. The Morgan fingerprint density at radius 2 is 1.97 bits per heavy atom. The van der Waals surface area contributed by atoms with Crippen LogP contribution in [-0.4, -0.2) is 24.3 Å². The summed E-state index contributed by atoms with van der Waals surface area (Å²) in [5.41, 5.74) is 1.67. The van der Waals surface area contributed by atoms with Gasteiger partial charge in [-0.05, 0) is 42.5 Å². The number of allylic oxidation sites excluding steroid dienone is 2. The molecule has 2 aliphatic rings. The first kappa shape index (κ1) is 19.5. The highest BCUT2D eigenvalue weighted by atomic mass is 32.1. The molecule has 0 spiro atoms. The number of carbonyl (C=O) groups excluding carboxylic acids is 3. The molecule has 1 aromatic heterocycles. The van der Waals surface area contributed by atoms with Gasteiger partial charge in [0.2, 0.25) is 5.91 Å². The molecule has 3 atom stereocenters. The number of nitrogens with one attached hydrogen (secondary N) is 1. The van der Waals surface area contributed by atoms with Crippen molar-refractivity contribution in [3.63, 3.8) is 0 Å². The number of amides is 1. The van der Waals surface area contributed by atoms with Crippen LogP contribution < -0.4 is 5.32 Å². The van der Waals surface area contributed by atoms with E-state index in [0.717, 1.165) is 4.88 Å². The van der Waals surface area contributed by atoms with Crippen molar-refractivity contribution in [1.82, 2.24) is 5.32 Å². The van der Waals surface area contributed by atoms with E-state index in [1.165, 1.54) is 23.5 Å². The average Bonchev–Trinajstić information content (AvgIpc) is 3.22. The van der Waals surface area contributed by atoms with Crippen LogP contribution in [0.5, 0.6) is 0 Å². The van der Waals surface area contributed by atoms with Gasteiger partial charge in [-0.25, -0.2) is 4.39 Å². The van der Waals surface area contributed by atoms with E-state index in [9.17, 15) is 18.8 Å². The minimum Gasteiger partial charge on any atom is -0.465 e. The molecule has 2 aromatic rings. The highest BCUT2D eigenvalue weighted by Gasteiger charge is 2.47. The first-order chi connectivity index (χ1) is 14.0. The quantitative estimate of drug-likeness (QED) is 0.613. The standard InChI is InChI=1S/C22H20FNO4S/c1-2-28-22(27)20-15(17-4-3-9-29-17)10-16-19(21(20)26)14(11-18(25)24-16)12-5-7-13(23)8-6-12/h3-9,14-15,20H,2,10-11H2,1H3,(H,24,25)/t14-,15+,20+/m1/s1. The Hall–Kier alpha value is -2.80. The van der Waals surface area contributed by atoms with Gasteiger partial charge in [0.1, 0.15) is 11.7 Å². The number of thiophene rings is 1. The molecule has 1 N–H and O–H groups in total. The molecule has 7 heteroatoms. The fourth-order valence-electron chi connectivity index (χ4n) is 4.20. The van der Waals surface area contributed by atoms with Crippen molar-refractivity contribution >= 4 is 29.0 Å². The second kappa shape index (κ2) is 7.91. The zero-order valence-corrected chi connectivity index (χ0v) is 16.6. The molecule has 0 saturated heterocycles. The lowest BCUT2D eigenvalue weighted by molar-refractivity contribution is -0.152. The lowest BCUT2D eigenvalue weighted by atomic mass is 9.69. The van der Waals surface area contributed by atoms with Crippen molar-refractivity contribution < 1.29 is 23.5 Å². The summed E-state index contributed by atoms with van der Waals surface area (Å²) in [5.74, 6) is -3.29. The number of rotatable bonds is 4. The van der Waals surface area contributed by atoms with E-state index in [-0.39, 0.29) is 36.5 Å². The molecule has 1 aliphatic carbocycles. The second-order valence-electron chi connectivity index (χ2n) is 7.17. The Morgan fingerprint density at radius 1 is 1.21 bits per heavy atom. The van der Waals surface area contributed by atoms with Crippen LogP contribution in [0.2, 0.25) is 0 Å². The van der Waals surface area contributed by atoms with Crippen LogP contribution >= 0.6 is 11.3 Å². The summed E-state index contributed by atoms with van der Waals surface area (Å²) in [6.07, 6.45) is 0.448. The number of carbonyl (C=O) groups is 3. The Morgan fingerprint density at radius 3 is 2.62 bits per heavy atom. The van der Waals surface area contributed by atoms with Gasteiger partial charge in [0.25, 0.3) is 0 Å². The largest absolute Gasteiger partial charge is 0.465 e. The molecular weight excluding hydrogens is 393 g/mol. The Labute approximate surface area is 171 Å². The molecule has 1 aliphatic heterocycles. The zero-order chi connectivity index (χ0) is 20.5. The highest BCUT2D eigenvalue weighted by Crippen LogP contribution is 2.46. The normalized spacial score (nSPS) is 24.1. The molecule has 0 radical (unpaired) electrons. The summed E-state index contributed by atoms with van der Waals surface area (Å²) in [5, 5.41) is 4.74. The van der Waals surface area contributed by atoms with Crippen molar-refractivity contribution in [2.75, 3.05) is 6.61 Å². The fraction of sp³-hybridized carbons (Fsp3) is 0.318. The van der Waals surface area contributed by atoms with E-state index in [1.54, 1.807) is 19.1 Å².